The van der Waals surface area contributed by atoms with Gasteiger partial charge in [-0.2, -0.15) is 11.3 Å². The standard InChI is InChI=1S/C11H17NO2S/c1-9(7-10-4-6-15-8-10)12(2)5-3-11(13)14/h4,6,8-9H,3,5,7H2,1-2H3,(H,13,14)/t9-/m1/s1. The summed E-state index contributed by atoms with van der Waals surface area (Å²) in [4.78, 5) is 12.5. The van der Waals surface area contributed by atoms with Gasteiger partial charge in [0.1, 0.15) is 0 Å². The maximum Gasteiger partial charge on any atom is 0.304 e. The van der Waals surface area contributed by atoms with Gasteiger partial charge in [-0.3, -0.25) is 4.79 Å². The molecule has 0 aliphatic rings. The third kappa shape index (κ3) is 4.44. The largest absolute Gasteiger partial charge is 0.481 e. The number of hydrogen-bond donors (Lipinski definition) is 1. The summed E-state index contributed by atoms with van der Waals surface area (Å²) < 4.78 is 0. The minimum Gasteiger partial charge on any atom is -0.481 e. The lowest BCUT2D eigenvalue weighted by Gasteiger charge is -2.23. The molecule has 0 fully saturated rings. The van der Waals surface area contributed by atoms with E-state index < -0.39 is 5.97 Å². The van der Waals surface area contributed by atoms with Gasteiger partial charge in [-0.1, -0.05) is 0 Å². The van der Waals surface area contributed by atoms with Crippen molar-refractivity contribution in [3.8, 4) is 0 Å². The smallest absolute Gasteiger partial charge is 0.304 e. The third-order valence-corrected chi connectivity index (χ3v) is 3.27. The molecular formula is C11H17NO2S. The van der Waals surface area contributed by atoms with E-state index in [0.717, 1.165) is 6.42 Å². The van der Waals surface area contributed by atoms with Gasteiger partial charge in [0.15, 0.2) is 0 Å². The number of rotatable bonds is 6. The van der Waals surface area contributed by atoms with Crippen LogP contribution in [0.4, 0.5) is 0 Å². The Labute approximate surface area is 94.3 Å². The molecule has 0 aliphatic heterocycles. The average molecular weight is 227 g/mol. The topological polar surface area (TPSA) is 40.5 Å². The molecule has 0 saturated heterocycles. The average Bonchev–Trinajstić information content (AvgIpc) is 2.66. The summed E-state index contributed by atoms with van der Waals surface area (Å²) in [5, 5.41) is 12.8. The van der Waals surface area contributed by atoms with Gasteiger partial charge in [-0.15, -0.1) is 0 Å². The van der Waals surface area contributed by atoms with Gasteiger partial charge in [0.2, 0.25) is 0 Å². The van der Waals surface area contributed by atoms with Crippen LogP contribution in [0.3, 0.4) is 0 Å². The van der Waals surface area contributed by atoms with Crippen LogP contribution in [-0.4, -0.2) is 35.6 Å². The first kappa shape index (κ1) is 12.2. The monoisotopic (exact) mass is 227 g/mol. The number of aliphatic carboxylic acids is 1. The molecule has 3 nitrogen and oxygen atoms in total. The van der Waals surface area contributed by atoms with E-state index in [-0.39, 0.29) is 6.42 Å². The normalized spacial score (nSPS) is 13.0. The number of hydrogen-bond acceptors (Lipinski definition) is 3. The van der Waals surface area contributed by atoms with Crippen LogP contribution in [0, 0.1) is 0 Å². The number of nitrogens with zero attached hydrogens (tertiary/aromatic N) is 1. The lowest BCUT2D eigenvalue weighted by Crippen LogP contribution is -2.32. The Kier molecular flexibility index (Phi) is 4.78. The van der Waals surface area contributed by atoms with Crippen molar-refractivity contribution >= 4 is 17.3 Å². The fourth-order valence-electron chi connectivity index (χ4n) is 1.40. The maximum absolute atomic E-state index is 10.4. The van der Waals surface area contributed by atoms with Crippen molar-refractivity contribution in [2.45, 2.75) is 25.8 Å². The van der Waals surface area contributed by atoms with Crippen LogP contribution >= 0.6 is 11.3 Å². The molecule has 0 amide bonds. The van der Waals surface area contributed by atoms with Gasteiger partial charge in [0.25, 0.3) is 0 Å². The van der Waals surface area contributed by atoms with Gasteiger partial charge >= 0.3 is 5.97 Å². The number of likely N-dealkylation sites (N-methyl/N-ethyl adjacent to an activating group) is 1. The van der Waals surface area contributed by atoms with E-state index in [9.17, 15) is 4.79 Å². The van der Waals surface area contributed by atoms with Crippen molar-refractivity contribution in [3.63, 3.8) is 0 Å². The molecule has 1 aromatic heterocycles. The van der Waals surface area contributed by atoms with Crippen LogP contribution in [0.5, 0.6) is 0 Å². The Balaban J connectivity index is 2.33. The minimum absolute atomic E-state index is 0.213. The van der Waals surface area contributed by atoms with Crippen LogP contribution in [0.2, 0.25) is 0 Å². The van der Waals surface area contributed by atoms with E-state index in [0.29, 0.717) is 12.6 Å². The van der Waals surface area contributed by atoms with Gasteiger partial charge in [-0.05, 0) is 42.8 Å². The van der Waals surface area contributed by atoms with Crippen LogP contribution in [0.15, 0.2) is 16.8 Å². The molecule has 1 aromatic rings. The van der Waals surface area contributed by atoms with Crippen LogP contribution < -0.4 is 0 Å². The van der Waals surface area contributed by atoms with Gasteiger partial charge in [0, 0.05) is 12.6 Å². The second-order valence-electron chi connectivity index (χ2n) is 3.81. The summed E-state index contributed by atoms with van der Waals surface area (Å²) in [6, 6.07) is 2.51. The first-order chi connectivity index (χ1) is 7.09. The van der Waals surface area contributed by atoms with Gasteiger partial charge in [0.05, 0.1) is 6.42 Å². The lowest BCUT2D eigenvalue weighted by molar-refractivity contribution is -0.137. The quantitative estimate of drug-likeness (QED) is 0.809. The van der Waals surface area contributed by atoms with Crippen molar-refractivity contribution in [3.05, 3.63) is 22.4 Å². The first-order valence-electron chi connectivity index (χ1n) is 5.02. The summed E-state index contributed by atoms with van der Waals surface area (Å²) in [5.41, 5.74) is 1.33. The maximum atomic E-state index is 10.4. The molecule has 0 spiro atoms. The molecule has 1 rings (SSSR count). The van der Waals surface area contributed by atoms with Crippen molar-refractivity contribution in [1.82, 2.24) is 4.90 Å². The molecule has 84 valence electrons. The van der Waals surface area contributed by atoms with E-state index in [1.807, 2.05) is 7.05 Å². The lowest BCUT2D eigenvalue weighted by atomic mass is 10.1. The molecule has 0 radical (unpaired) electrons. The fourth-order valence-corrected chi connectivity index (χ4v) is 2.08. The van der Waals surface area contributed by atoms with E-state index in [1.165, 1.54) is 5.56 Å². The number of carbonyl (C=O) groups is 1. The Morgan fingerprint density at radius 2 is 2.40 bits per heavy atom. The predicted octanol–water partition coefficient (Wildman–Crippen LogP) is 2.09. The molecule has 15 heavy (non-hydrogen) atoms. The molecule has 0 saturated carbocycles. The van der Waals surface area contributed by atoms with Crippen LogP contribution in [0.1, 0.15) is 18.9 Å². The predicted molar refractivity (Wildman–Crippen MR) is 62.4 cm³/mol. The van der Waals surface area contributed by atoms with Crippen molar-refractivity contribution in [1.29, 1.82) is 0 Å². The fraction of sp³-hybridized carbons (Fsp3) is 0.545. The van der Waals surface area contributed by atoms with Crippen molar-refractivity contribution in [2.24, 2.45) is 0 Å². The van der Waals surface area contributed by atoms with Gasteiger partial charge < -0.3 is 10.0 Å². The number of carboxylic acid groups (broad SMARTS) is 1. The Morgan fingerprint density at radius 3 is 2.93 bits per heavy atom. The number of thiophene rings is 1. The van der Waals surface area contributed by atoms with E-state index in [2.05, 4.69) is 28.7 Å². The van der Waals surface area contributed by atoms with Crippen LogP contribution in [0.25, 0.3) is 0 Å². The molecule has 4 heteroatoms. The second-order valence-corrected chi connectivity index (χ2v) is 4.59. The summed E-state index contributed by atoms with van der Waals surface area (Å²) >= 11 is 1.70. The van der Waals surface area contributed by atoms with E-state index in [1.54, 1.807) is 11.3 Å². The van der Waals surface area contributed by atoms with Crippen molar-refractivity contribution < 1.29 is 9.90 Å². The third-order valence-electron chi connectivity index (χ3n) is 2.54. The van der Waals surface area contributed by atoms with E-state index >= 15 is 0 Å². The Morgan fingerprint density at radius 1 is 1.67 bits per heavy atom. The highest BCUT2D eigenvalue weighted by atomic mass is 32.1. The number of carboxylic acids is 1. The molecule has 0 bridgehead atoms. The zero-order valence-corrected chi connectivity index (χ0v) is 9.96. The summed E-state index contributed by atoms with van der Waals surface area (Å²) in [6.07, 6.45) is 1.20. The van der Waals surface area contributed by atoms with Crippen LogP contribution in [-0.2, 0) is 11.2 Å². The van der Waals surface area contributed by atoms with Crippen molar-refractivity contribution in [2.75, 3.05) is 13.6 Å². The zero-order valence-electron chi connectivity index (χ0n) is 9.14. The molecule has 0 aromatic carbocycles. The molecule has 1 N–H and O–H groups in total. The molecule has 0 unspecified atom stereocenters. The highest BCUT2D eigenvalue weighted by Gasteiger charge is 2.11. The van der Waals surface area contributed by atoms with E-state index in [4.69, 9.17) is 5.11 Å². The minimum atomic E-state index is -0.732. The molecule has 1 atom stereocenters. The second kappa shape index (κ2) is 5.88. The summed E-state index contributed by atoms with van der Waals surface area (Å²) in [5.74, 6) is -0.732. The Hall–Kier alpha value is -0.870. The summed E-state index contributed by atoms with van der Waals surface area (Å²) in [6.45, 7) is 2.74. The highest BCUT2D eigenvalue weighted by Crippen LogP contribution is 2.11. The molecule has 0 aliphatic carbocycles. The summed E-state index contributed by atoms with van der Waals surface area (Å²) in [7, 11) is 1.97. The highest BCUT2D eigenvalue weighted by molar-refractivity contribution is 7.07. The SMILES string of the molecule is C[C@H](Cc1ccsc1)N(C)CCC(=O)O. The molecule has 1 heterocycles. The zero-order chi connectivity index (χ0) is 11.3. The Bertz CT molecular complexity index is 298. The molecular weight excluding hydrogens is 210 g/mol. The van der Waals surface area contributed by atoms with Gasteiger partial charge in [-0.25, -0.2) is 0 Å². The first-order valence-corrected chi connectivity index (χ1v) is 5.97.